The lowest BCUT2D eigenvalue weighted by molar-refractivity contribution is -0.167. The van der Waals surface area contributed by atoms with Crippen molar-refractivity contribution in [1.82, 2.24) is 0 Å². The van der Waals surface area contributed by atoms with Gasteiger partial charge in [0.05, 0.1) is 0 Å². The summed E-state index contributed by atoms with van der Waals surface area (Å²) in [5.74, 6) is -0.927. The molecule has 0 bridgehead atoms. The lowest BCUT2D eigenvalue weighted by atomic mass is 10.1. The number of carbonyl (C=O) groups excluding carboxylic acids is 3. The predicted octanol–water partition coefficient (Wildman–Crippen LogP) is 15.3. The number of hydrogen-bond acceptors (Lipinski definition) is 6. The Morgan fingerprint density at radius 2 is 0.684 bits per heavy atom. The maximum absolute atomic E-state index is 12.7. The molecular formula is C51H88O6. The molecule has 328 valence electrons. The number of ether oxygens (including phenoxy) is 3. The van der Waals surface area contributed by atoms with E-state index in [0.717, 1.165) is 122 Å². The number of unbranched alkanes of at least 4 members (excludes halogenated alkanes) is 21. The molecule has 0 saturated carbocycles. The number of allylic oxidation sites excluding steroid dienone is 10. The van der Waals surface area contributed by atoms with Crippen molar-refractivity contribution in [3.8, 4) is 0 Å². The van der Waals surface area contributed by atoms with E-state index in [1.165, 1.54) is 64.2 Å². The summed E-state index contributed by atoms with van der Waals surface area (Å²) in [5, 5.41) is 0. The van der Waals surface area contributed by atoms with Crippen molar-refractivity contribution in [3.05, 3.63) is 60.8 Å². The van der Waals surface area contributed by atoms with Crippen LogP contribution in [0, 0.1) is 0 Å². The van der Waals surface area contributed by atoms with Gasteiger partial charge in [0.2, 0.25) is 0 Å². The first-order chi connectivity index (χ1) is 28.0. The summed E-state index contributed by atoms with van der Waals surface area (Å²) in [7, 11) is 0. The quantitative estimate of drug-likeness (QED) is 0.0265. The summed E-state index contributed by atoms with van der Waals surface area (Å²) in [6, 6.07) is 0. The largest absolute Gasteiger partial charge is 0.462 e. The third kappa shape index (κ3) is 44.1. The van der Waals surface area contributed by atoms with Crippen molar-refractivity contribution in [3.63, 3.8) is 0 Å². The topological polar surface area (TPSA) is 78.9 Å². The molecule has 0 aliphatic carbocycles. The molecule has 6 heteroatoms. The second-order valence-corrected chi connectivity index (χ2v) is 15.6. The predicted molar refractivity (Wildman–Crippen MR) is 242 cm³/mol. The average molecular weight is 797 g/mol. The molecule has 1 atom stereocenters. The van der Waals surface area contributed by atoms with Crippen LogP contribution in [0.1, 0.15) is 226 Å². The van der Waals surface area contributed by atoms with E-state index in [1.54, 1.807) is 0 Å². The molecule has 0 aromatic carbocycles. The Morgan fingerprint density at radius 3 is 1.12 bits per heavy atom. The number of esters is 3. The van der Waals surface area contributed by atoms with E-state index in [9.17, 15) is 14.4 Å². The van der Waals surface area contributed by atoms with Crippen molar-refractivity contribution in [2.75, 3.05) is 13.2 Å². The highest BCUT2D eigenvalue weighted by molar-refractivity contribution is 5.71. The van der Waals surface area contributed by atoms with Gasteiger partial charge >= 0.3 is 17.9 Å². The first kappa shape index (κ1) is 54.1. The van der Waals surface area contributed by atoms with Crippen molar-refractivity contribution in [2.24, 2.45) is 0 Å². The Balaban J connectivity index is 4.39. The fraction of sp³-hybridized carbons (Fsp3) is 0.745. The molecule has 0 N–H and O–H groups in total. The monoisotopic (exact) mass is 797 g/mol. The van der Waals surface area contributed by atoms with Gasteiger partial charge in [0.25, 0.3) is 0 Å². The smallest absolute Gasteiger partial charge is 0.306 e. The highest BCUT2D eigenvalue weighted by atomic mass is 16.6. The van der Waals surface area contributed by atoms with Crippen LogP contribution in [0.15, 0.2) is 60.8 Å². The summed E-state index contributed by atoms with van der Waals surface area (Å²) in [6.45, 7) is 6.38. The molecule has 0 saturated heterocycles. The number of rotatable bonds is 42. The average Bonchev–Trinajstić information content (AvgIpc) is 3.21. The van der Waals surface area contributed by atoms with E-state index in [-0.39, 0.29) is 31.1 Å². The van der Waals surface area contributed by atoms with Gasteiger partial charge in [0.15, 0.2) is 6.10 Å². The van der Waals surface area contributed by atoms with Crippen LogP contribution in [0.4, 0.5) is 0 Å². The second-order valence-electron chi connectivity index (χ2n) is 15.6. The second kappa shape index (κ2) is 45.8. The molecule has 0 aliphatic rings. The standard InChI is InChI=1S/C51H88O6/c1-4-7-10-13-16-19-21-23-25-27-29-32-35-38-41-44-50(53)56-47-48(46-55-49(52)43-40-37-34-31-18-15-12-9-6-3)57-51(54)45-42-39-36-33-30-28-26-24-22-20-17-14-11-8-5-2/h8-9,11-12,17,20,23-26,48H,4-7,10,13-16,18-19,21-22,27-47H2,1-3H3. The van der Waals surface area contributed by atoms with E-state index < -0.39 is 6.10 Å². The lowest BCUT2D eigenvalue weighted by Crippen LogP contribution is -2.30. The molecule has 0 spiro atoms. The molecule has 0 aromatic heterocycles. The molecular weight excluding hydrogens is 709 g/mol. The van der Waals surface area contributed by atoms with Crippen molar-refractivity contribution < 1.29 is 28.6 Å². The van der Waals surface area contributed by atoms with Crippen molar-refractivity contribution in [2.45, 2.75) is 232 Å². The fourth-order valence-corrected chi connectivity index (χ4v) is 6.45. The van der Waals surface area contributed by atoms with Crippen LogP contribution in [-0.2, 0) is 28.6 Å². The van der Waals surface area contributed by atoms with Gasteiger partial charge in [-0.1, -0.05) is 171 Å². The zero-order valence-corrected chi connectivity index (χ0v) is 37.3. The van der Waals surface area contributed by atoms with Crippen molar-refractivity contribution in [1.29, 1.82) is 0 Å². The lowest BCUT2D eigenvalue weighted by Gasteiger charge is -2.18. The molecule has 1 unspecified atom stereocenters. The van der Waals surface area contributed by atoms with Gasteiger partial charge in [-0.25, -0.2) is 0 Å². The molecule has 0 radical (unpaired) electrons. The van der Waals surface area contributed by atoms with Crippen LogP contribution < -0.4 is 0 Å². The zero-order valence-electron chi connectivity index (χ0n) is 37.3. The number of carbonyl (C=O) groups is 3. The molecule has 0 amide bonds. The third-order valence-electron chi connectivity index (χ3n) is 9.99. The maximum Gasteiger partial charge on any atom is 0.306 e. The minimum Gasteiger partial charge on any atom is -0.462 e. The molecule has 0 heterocycles. The van der Waals surface area contributed by atoms with E-state index in [1.807, 2.05) is 0 Å². The number of hydrogen-bond donors (Lipinski definition) is 0. The molecule has 0 aromatic rings. The van der Waals surface area contributed by atoms with Crippen LogP contribution in [0.3, 0.4) is 0 Å². The van der Waals surface area contributed by atoms with Crippen LogP contribution >= 0.6 is 0 Å². The van der Waals surface area contributed by atoms with E-state index in [2.05, 4.69) is 81.5 Å². The summed E-state index contributed by atoms with van der Waals surface area (Å²) in [5.41, 5.74) is 0. The van der Waals surface area contributed by atoms with Crippen molar-refractivity contribution >= 4 is 17.9 Å². The Labute approximate surface area is 351 Å². The van der Waals surface area contributed by atoms with Crippen LogP contribution in [0.25, 0.3) is 0 Å². The Bertz CT molecular complexity index is 1050. The summed E-state index contributed by atoms with van der Waals surface area (Å²) < 4.78 is 16.7. The molecule has 6 nitrogen and oxygen atoms in total. The summed E-state index contributed by atoms with van der Waals surface area (Å²) in [6.07, 6.45) is 54.9. The fourth-order valence-electron chi connectivity index (χ4n) is 6.45. The van der Waals surface area contributed by atoms with E-state index in [4.69, 9.17) is 14.2 Å². The van der Waals surface area contributed by atoms with E-state index >= 15 is 0 Å². The highest BCUT2D eigenvalue weighted by Gasteiger charge is 2.19. The summed E-state index contributed by atoms with van der Waals surface area (Å²) in [4.78, 5) is 37.8. The molecule has 57 heavy (non-hydrogen) atoms. The SMILES string of the molecule is CCC=CCC=CCC=CCCCCCCCC(=O)OC(COC(=O)CCCCCCCC=CCC)COC(=O)CCCCCCCC=CCCCCCCCC. The van der Waals surface area contributed by atoms with Gasteiger partial charge in [0.1, 0.15) is 13.2 Å². The van der Waals surface area contributed by atoms with Gasteiger partial charge in [0, 0.05) is 19.3 Å². The molecule has 0 fully saturated rings. The zero-order chi connectivity index (χ0) is 41.5. The van der Waals surface area contributed by atoms with Gasteiger partial charge in [-0.3, -0.25) is 14.4 Å². The summed E-state index contributed by atoms with van der Waals surface area (Å²) >= 11 is 0. The first-order valence-corrected chi connectivity index (χ1v) is 23.8. The van der Waals surface area contributed by atoms with Gasteiger partial charge in [-0.15, -0.1) is 0 Å². The van der Waals surface area contributed by atoms with Gasteiger partial charge < -0.3 is 14.2 Å². The Morgan fingerprint density at radius 1 is 0.368 bits per heavy atom. The first-order valence-electron chi connectivity index (χ1n) is 23.8. The highest BCUT2D eigenvalue weighted by Crippen LogP contribution is 2.13. The normalized spacial score (nSPS) is 12.5. The Hall–Kier alpha value is -2.89. The minimum atomic E-state index is -0.787. The van der Waals surface area contributed by atoms with Gasteiger partial charge in [-0.2, -0.15) is 0 Å². The third-order valence-corrected chi connectivity index (χ3v) is 9.99. The van der Waals surface area contributed by atoms with Crippen LogP contribution in [-0.4, -0.2) is 37.2 Å². The minimum absolute atomic E-state index is 0.0887. The maximum atomic E-state index is 12.7. The molecule has 0 rings (SSSR count). The Kier molecular flexibility index (Phi) is 43.5. The van der Waals surface area contributed by atoms with Gasteiger partial charge in [-0.05, 0) is 96.3 Å². The molecule has 0 aliphatic heterocycles. The van der Waals surface area contributed by atoms with Crippen LogP contribution in [0.2, 0.25) is 0 Å². The van der Waals surface area contributed by atoms with Crippen LogP contribution in [0.5, 0.6) is 0 Å². The van der Waals surface area contributed by atoms with E-state index in [0.29, 0.717) is 19.3 Å².